The summed E-state index contributed by atoms with van der Waals surface area (Å²) in [6.07, 6.45) is 1.16. The molecule has 1 amide bonds. The van der Waals surface area contributed by atoms with Gasteiger partial charge in [-0.05, 0) is 55.3 Å². The van der Waals surface area contributed by atoms with E-state index in [1.165, 1.54) is 23.1 Å². The highest BCUT2D eigenvalue weighted by molar-refractivity contribution is 7.90. The highest BCUT2D eigenvalue weighted by Crippen LogP contribution is 2.25. The summed E-state index contributed by atoms with van der Waals surface area (Å²) in [6.45, 7) is 3.86. The summed E-state index contributed by atoms with van der Waals surface area (Å²) in [5, 5.41) is 2.77. The molecule has 0 atom stereocenters. The number of aryl methyl sites for hydroxylation is 2. The summed E-state index contributed by atoms with van der Waals surface area (Å²) in [4.78, 5) is 13.8. The molecule has 0 aliphatic rings. The van der Waals surface area contributed by atoms with Crippen molar-refractivity contribution >= 4 is 39.6 Å². The molecule has 0 bridgehead atoms. The predicted molar refractivity (Wildman–Crippen MR) is 105 cm³/mol. The van der Waals surface area contributed by atoms with Crippen LogP contribution in [0.5, 0.6) is 0 Å². The van der Waals surface area contributed by atoms with Crippen molar-refractivity contribution in [3.63, 3.8) is 0 Å². The van der Waals surface area contributed by atoms with Crippen molar-refractivity contribution in [3.05, 3.63) is 58.1 Å². The summed E-state index contributed by atoms with van der Waals surface area (Å²) in [5.74, 6) is -0.431. The van der Waals surface area contributed by atoms with Crippen LogP contribution in [-0.2, 0) is 10.0 Å². The van der Waals surface area contributed by atoms with Crippen LogP contribution < -0.4 is 5.32 Å². The number of amides is 1. The first-order valence-corrected chi connectivity index (χ1v) is 9.56. The van der Waals surface area contributed by atoms with E-state index in [-0.39, 0.29) is 15.5 Å². The van der Waals surface area contributed by atoms with Gasteiger partial charge >= 0.3 is 0 Å². The molecular weight excluding hydrogens is 374 g/mol. The average molecular weight is 394 g/mol. The first kappa shape index (κ1) is 19.9. The quantitative estimate of drug-likeness (QED) is 0.623. The molecule has 1 N–H and O–H groups in total. The molecule has 2 aromatic rings. The molecule has 0 unspecified atom stereocenters. The second-order valence-electron chi connectivity index (χ2n) is 6.14. The summed E-state index contributed by atoms with van der Waals surface area (Å²) >= 11 is 6.00. The topological polar surface area (TPSA) is 78.8 Å². The molecule has 8 heteroatoms. The molecule has 0 radical (unpaired) electrons. The second kappa shape index (κ2) is 7.88. The smallest absolute Gasteiger partial charge is 0.285 e. The largest absolute Gasteiger partial charge is 0.368 e. The highest BCUT2D eigenvalue weighted by Gasteiger charge is 2.19. The van der Waals surface area contributed by atoms with Crippen molar-refractivity contribution in [2.24, 2.45) is 4.40 Å². The molecule has 2 aromatic carbocycles. The number of hydrogen-bond donors (Lipinski definition) is 1. The summed E-state index contributed by atoms with van der Waals surface area (Å²) in [6, 6.07) is 9.72. The fraction of sp³-hybridized carbons (Fsp3) is 0.222. The number of nitrogens with one attached hydrogen (secondary N) is 1. The van der Waals surface area contributed by atoms with E-state index in [0.29, 0.717) is 5.69 Å². The fourth-order valence-electron chi connectivity index (χ4n) is 2.31. The first-order valence-electron chi connectivity index (χ1n) is 7.74. The zero-order chi connectivity index (χ0) is 19.5. The van der Waals surface area contributed by atoms with E-state index in [9.17, 15) is 13.2 Å². The van der Waals surface area contributed by atoms with E-state index in [1.54, 1.807) is 14.1 Å². The minimum Gasteiger partial charge on any atom is -0.368 e. The average Bonchev–Trinajstić information content (AvgIpc) is 2.52. The van der Waals surface area contributed by atoms with E-state index in [1.807, 2.05) is 32.0 Å². The van der Waals surface area contributed by atoms with Gasteiger partial charge < -0.3 is 10.2 Å². The van der Waals surface area contributed by atoms with Crippen molar-refractivity contribution in [1.82, 2.24) is 4.90 Å². The van der Waals surface area contributed by atoms with Crippen LogP contribution in [0.4, 0.5) is 5.69 Å². The molecule has 0 aliphatic carbocycles. The Balaban J connectivity index is 2.35. The summed E-state index contributed by atoms with van der Waals surface area (Å²) < 4.78 is 28.2. The number of halogens is 1. The van der Waals surface area contributed by atoms with Crippen molar-refractivity contribution in [3.8, 4) is 0 Å². The van der Waals surface area contributed by atoms with Crippen LogP contribution in [-0.4, -0.2) is 39.7 Å². The normalized spacial score (nSPS) is 11.6. The zero-order valence-corrected chi connectivity index (χ0v) is 16.5. The number of rotatable bonds is 5. The lowest BCUT2D eigenvalue weighted by molar-refractivity contribution is 0.102. The van der Waals surface area contributed by atoms with E-state index in [2.05, 4.69) is 9.71 Å². The SMILES string of the molecule is Cc1cc(C)cc(NC(=O)c2ccc(Cl)c(S(=O)(=O)N=CN(C)C)c2)c1. The minimum absolute atomic E-state index is 0.00357. The molecule has 0 saturated heterocycles. The van der Waals surface area contributed by atoms with Gasteiger partial charge in [-0.25, -0.2) is 0 Å². The van der Waals surface area contributed by atoms with Gasteiger partial charge in [0.15, 0.2) is 0 Å². The molecule has 0 fully saturated rings. The maximum atomic E-state index is 12.5. The Morgan fingerprint density at radius 3 is 2.31 bits per heavy atom. The van der Waals surface area contributed by atoms with Crippen LogP contribution in [0, 0.1) is 13.8 Å². The Hall–Kier alpha value is -2.38. The van der Waals surface area contributed by atoms with Crippen LogP contribution >= 0.6 is 11.6 Å². The van der Waals surface area contributed by atoms with Gasteiger partial charge in [-0.1, -0.05) is 17.7 Å². The van der Waals surface area contributed by atoms with Crippen LogP contribution in [0.1, 0.15) is 21.5 Å². The predicted octanol–water partition coefficient (Wildman–Crippen LogP) is 3.49. The first-order chi connectivity index (χ1) is 12.1. The van der Waals surface area contributed by atoms with Gasteiger partial charge in [0.1, 0.15) is 11.2 Å². The molecule has 138 valence electrons. The van der Waals surface area contributed by atoms with Gasteiger partial charge in [-0.3, -0.25) is 4.79 Å². The molecule has 0 spiro atoms. The lowest BCUT2D eigenvalue weighted by Gasteiger charge is -2.10. The van der Waals surface area contributed by atoms with Gasteiger partial charge in [0, 0.05) is 25.3 Å². The Bertz CT molecular complexity index is 949. The third-order valence-electron chi connectivity index (χ3n) is 3.37. The van der Waals surface area contributed by atoms with Crippen molar-refractivity contribution in [1.29, 1.82) is 0 Å². The van der Waals surface area contributed by atoms with Gasteiger partial charge in [-0.2, -0.15) is 8.42 Å². The molecule has 0 heterocycles. The summed E-state index contributed by atoms with van der Waals surface area (Å²) in [5.41, 5.74) is 2.83. The summed E-state index contributed by atoms with van der Waals surface area (Å²) in [7, 11) is -0.718. The fourth-order valence-corrected chi connectivity index (χ4v) is 3.73. The van der Waals surface area contributed by atoms with E-state index in [0.717, 1.165) is 17.5 Å². The van der Waals surface area contributed by atoms with E-state index >= 15 is 0 Å². The minimum atomic E-state index is -4.01. The van der Waals surface area contributed by atoms with Crippen LogP contribution in [0.3, 0.4) is 0 Å². The maximum absolute atomic E-state index is 12.5. The number of hydrogen-bond acceptors (Lipinski definition) is 3. The van der Waals surface area contributed by atoms with Gasteiger partial charge in [-0.15, -0.1) is 4.40 Å². The molecule has 6 nitrogen and oxygen atoms in total. The number of benzene rings is 2. The van der Waals surface area contributed by atoms with Crippen molar-refractivity contribution < 1.29 is 13.2 Å². The van der Waals surface area contributed by atoms with Crippen molar-refractivity contribution in [2.45, 2.75) is 18.7 Å². The van der Waals surface area contributed by atoms with Gasteiger partial charge in [0.25, 0.3) is 15.9 Å². The Morgan fingerprint density at radius 2 is 1.73 bits per heavy atom. The monoisotopic (exact) mass is 393 g/mol. The lowest BCUT2D eigenvalue weighted by Crippen LogP contribution is -2.14. The molecule has 2 rings (SSSR count). The zero-order valence-electron chi connectivity index (χ0n) is 14.9. The second-order valence-corrected chi connectivity index (χ2v) is 8.14. The maximum Gasteiger partial charge on any atom is 0.285 e. The third kappa shape index (κ3) is 5.06. The third-order valence-corrected chi connectivity index (χ3v) is 5.07. The molecule has 26 heavy (non-hydrogen) atoms. The highest BCUT2D eigenvalue weighted by atomic mass is 35.5. The molecule has 0 aromatic heterocycles. The lowest BCUT2D eigenvalue weighted by atomic mass is 10.1. The Labute approximate surface area is 158 Å². The number of carbonyl (C=O) groups excluding carboxylic acids is 1. The molecular formula is C18H20ClN3O3S. The Kier molecular flexibility index (Phi) is 6.05. The number of nitrogens with zero attached hydrogens (tertiary/aromatic N) is 2. The van der Waals surface area contributed by atoms with E-state index in [4.69, 9.17) is 11.6 Å². The van der Waals surface area contributed by atoms with Gasteiger partial charge in [0.2, 0.25) is 0 Å². The standard InChI is InChI=1S/C18H20ClN3O3S/c1-12-7-13(2)9-15(8-12)21-18(23)14-5-6-16(19)17(10-14)26(24,25)20-11-22(3)4/h5-11H,1-4H3,(H,21,23). The van der Waals surface area contributed by atoms with Crippen LogP contribution in [0.25, 0.3) is 0 Å². The van der Waals surface area contributed by atoms with Gasteiger partial charge in [0.05, 0.1) is 5.02 Å². The van der Waals surface area contributed by atoms with Crippen LogP contribution in [0.2, 0.25) is 5.02 Å². The number of anilines is 1. The Morgan fingerprint density at radius 1 is 1.12 bits per heavy atom. The number of carbonyl (C=O) groups is 1. The van der Waals surface area contributed by atoms with E-state index < -0.39 is 15.9 Å². The number of sulfonamides is 1. The molecule has 0 saturated carbocycles. The molecule has 0 aliphatic heterocycles. The van der Waals surface area contributed by atoms with Crippen LogP contribution in [0.15, 0.2) is 45.7 Å². The van der Waals surface area contributed by atoms with Crippen molar-refractivity contribution in [2.75, 3.05) is 19.4 Å².